The zero-order chi connectivity index (χ0) is 19.6. The van der Waals surface area contributed by atoms with E-state index < -0.39 is 24.1 Å². The number of methoxy groups -OCH3 is 1. The van der Waals surface area contributed by atoms with E-state index in [1.54, 1.807) is 0 Å². The Kier molecular flexibility index (Phi) is 16.4. The van der Waals surface area contributed by atoms with Crippen molar-refractivity contribution in [1.82, 2.24) is 16.0 Å². The minimum absolute atomic E-state index is 0.397. The molecule has 0 aromatic carbocycles. The highest BCUT2D eigenvalue weighted by molar-refractivity contribution is 5.88. The van der Waals surface area contributed by atoms with E-state index in [4.69, 9.17) is 0 Å². The number of hydrogen-bond donors (Lipinski definition) is 5. The van der Waals surface area contributed by atoms with Crippen LogP contribution in [-0.4, -0.2) is 74.1 Å². The van der Waals surface area contributed by atoms with Crippen molar-refractivity contribution in [1.29, 1.82) is 0 Å². The van der Waals surface area contributed by atoms with Gasteiger partial charge in [-0.1, -0.05) is 19.8 Å². The molecule has 0 spiro atoms. The Morgan fingerprint density at radius 1 is 0.808 bits per heavy atom. The van der Waals surface area contributed by atoms with Crippen LogP contribution in [0.5, 0.6) is 0 Å². The fraction of sp³-hybridized carbons (Fsp3) is 0.889. The molecule has 2 unspecified atom stereocenters. The van der Waals surface area contributed by atoms with Crippen molar-refractivity contribution < 1.29 is 24.5 Å². The van der Waals surface area contributed by atoms with Gasteiger partial charge in [-0.2, -0.15) is 0 Å². The third kappa shape index (κ3) is 13.0. The molecule has 0 aliphatic heterocycles. The SMILES string of the molecule is CCCNCCCCCNCCCCCNC(=O)C(O)C(O)C(=O)OC. The van der Waals surface area contributed by atoms with Gasteiger partial charge in [-0.05, 0) is 58.3 Å². The van der Waals surface area contributed by atoms with Crippen LogP contribution < -0.4 is 16.0 Å². The van der Waals surface area contributed by atoms with Crippen LogP contribution in [0.4, 0.5) is 0 Å². The maximum atomic E-state index is 11.6. The molecule has 8 nitrogen and oxygen atoms in total. The molecule has 154 valence electrons. The molecule has 0 saturated carbocycles. The number of carbonyl (C=O) groups is 2. The predicted octanol–water partition coefficient (Wildman–Crippen LogP) is -0.0728. The predicted molar refractivity (Wildman–Crippen MR) is 101 cm³/mol. The van der Waals surface area contributed by atoms with Crippen LogP contribution in [0.25, 0.3) is 0 Å². The first-order chi connectivity index (χ1) is 12.5. The first-order valence-corrected chi connectivity index (χ1v) is 9.67. The monoisotopic (exact) mass is 375 g/mol. The third-order valence-corrected chi connectivity index (χ3v) is 3.97. The van der Waals surface area contributed by atoms with Crippen LogP contribution in [0.1, 0.15) is 51.9 Å². The standard InChI is InChI=1S/C18H37N3O5/c1-3-10-19-11-6-4-7-12-20-13-8-5-9-14-21-17(24)15(22)16(23)18(25)26-2/h15-16,19-20,22-23H,3-14H2,1-2H3,(H,21,24). The summed E-state index contributed by atoms with van der Waals surface area (Å²) in [7, 11) is 1.08. The Morgan fingerprint density at radius 3 is 1.81 bits per heavy atom. The van der Waals surface area contributed by atoms with Crippen molar-refractivity contribution in [2.75, 3.05) is 39.8 Å². The Labute approximate surface area is 157 Å². The van der Waals surface area contributed by atoms with Crippen LogP contribution >= 0.6 is 0 Å². The summed E-state index contributed by atoms with van der Waals surface area (Å²) in [5, 5.41) is 28.2. The summed E-state index contributed by atoms with van der Waals surface area (Å²) >= 11 is 0. The molecule has 1 amide bonds. The van der Waals surface area contributed by atoms with Gasteiger partial charge in [0.2, 0.25) is 0 Å². The lowest BCUT2D eigenvalue weighted by Gasteiger charge is -2.15. The molecule has 0 rings (SSSR count). The summed E-state index contributed by atoms with van der Waals surface area (Å²) in [6, 6.07) is 0. The molecule has 2 atom stereocenters. The molecule has 26 heavy (non-hydrogen) atoms. The molecule has 0 fully saturated rings. The topological polar surface area (TPSA) is 120 Å². The molecule has 0 bridgehead atoms. The number of amides is 1. The average molecular weight is 376 g/mol. The second kappa shape index (κ2) is 17.2. The molecule has 0 aromatic rings. The molecular weight excluding hydrogens is 338 g/mol. The van der Waals surface area contributed by atoms with Crippen LogP contribution in [-0.2, 0) is 14.3 Å². The molecule has 0 radical (unpaired) electrons. The number of nitrogens with one attached hydrogen (secondary N) is 3. The van der Waals surface area contributed by atoms with Crippen LogP contribution in [0.2, 0.25) is 0 Å². The van der Waals surface area contributed by atoms with Gasteiger partial charge in [-0.15, -0.1) is 0 Å². The van der Waals surface area contributed by atoms with Crippen molar-refractivity contribution in [2.45, 2.75) is 64.1 Å². The van der Waals surface area contributed by atoms with E-state index in [1.807, 2.05) is 0 Å². The van der Waals surface area contributed by atoms with E-state index in [0.29, 0.717) is 6.54 Å². The zero-order valence-electron chi connectivity index (χ0n) is 16.3. The number of rotatable bonds is 17. The minimum atomic E-state index is -1.85. The number of aliphatic hydroxyl groups excluding tert-OH is 2. The molecule has 0 aliphatic rings. The van der Waals surface area contributed by atoms with Crippen molar-refractivity contribution in [3.8, 4) is 0 Å². The van der Waals surface area contributed by atoms with Crippen molar-refractivity contribution in [3.63, 3.8) is 0 Å². The summed E-state index contributed by atoms with van der Waals surface area (Å²) in [5.74, 6) is -1.80. The average Bonchev–Trinajstić information content (AvgIpc) is 2.66. The van der Waals surface area contributed by atoms with Crippen molar-refractivity contribution >= 4 is 11.9 Å². The lowest BCUT2D eigenvalue weighted by Crippen LogP contribution is -2.46. The van der Waals surface area contributed by atoms with Gasteiger partial charge >= 0.3 is 5.97 Å². The van der Waals surface area contributed by atoms with E-state index in [-0.39, 0.29) is 0 Å². The minimum Gasteiger partial charge on any atom is -0.467 e. The Hall–Kier alpha value is -1.22. The molecule has 8 heteroatoms. The number of hydrogen-bond acceptors (Lipinski definition) is 7. The Balaban J connectivity index is 3.40. The summed E-state index contributed by atoms with van der Waals surface area (Å²) in [4.78, 5) is 22.6. The number of ether oxygens (including phenoxy) is 1. The summed E-state index contributed by atoms with van der Waals surface area (Å²) in [6.45, 7) is 6.75. The molecule has 0 aliphatic carbocycles. The van der Waals surface area contributed by atoms with E-state index in [1.165, 1.54) is 25.7 Å². The van der Waals surface area contributed by atoms with Gasteiger partial charge in [0.05, 0.1) is 7.11 Å². The molecule has 0 heterocycles. The molecular formula is C18H37N3O5. The third-order valence-electron chi connectivity index (χ3n) is 3.97. The maximum Gasteiger partial charge on any atom is 0.338 e. The second-order valence-electron chi connectivity index (χ2n) is 6.33. The van der Waals surface area contributed by atoms with Crippen LogP contribution in [0, 0.1) is 0 Å². The smallest absolute Gasteiger partial charge is 0.338 e. The quantitative estimate of drug-likeness (QED) is 0.178. The van der Waals surface area contributed by atoms with E-state index in [0.717, 1.165) is 52.6 Å². The van der Waals surface area contributed by atoms with Gasteiger partial charge in [0, 0.05) is 6.54 Å². The first kappa shape index (κ1) is 24.8. The maximum absolute atomic E-state index is 11.6. The second-order valence-corrected chi connectivity index (χ2v) is 6.33. The fourth-order valence-electron chi connectivity index (χ4n) is 2.36. The fourth-order valence-corrected chi connectivity index (χ4v) is 2.36. The number of esters is 1. The lowest BCUT2D eigenvalue weighted by molar-refractivity contribution is -0.161. The number of carbonyl (C=O) groups excluding carboxylic acids is 2. The van der Waals surface area contributed by atoms with Gasteiger partial charge in [-0.3, -0.25) is 4.79 Å². The summed E-state index contributed by atoms with van der Waals surface area (Å²) in [5.41, 5.74) is 0. The van der Waals surface area contributed by atoms with Crippen molar-refractivity contribution in [3.05, 3.63) is 0 Å². The Morgan fingerprint density at radius 2 is 1.31 bits per heavy atom. The largest absolute Gasteiger partial charge is 0.467 e. The van der Waals surface area contributed by atoms with Crippen LogP contribution in [0.15, 0.2) is 0 Å². The van der Waals surface area contributed by atoms with E-state index >= 15 is 0 Å². The highest BCUT2D eigenvalue weighted by Gasteiger charge is 2.30. The van der Waals surface area contributed by atoms with Crippen LogP contribution in [0.3, 0.4) is 0 Å². The van der Waals surface area contributed by atoms with Gasteiger partial charge in [0.15, 0.2) is 12.2 Å². The highest BCUT2D eigenvalue weighted by atomic mass is 16.5. The number of aliphatic hydroxyl groups is 2. The normalized spacial score (nSPS) is 13.2. The zero-order valence-corrected chi connectivity index (χ0v) is 16.3. The summed E-state index contributed by atoms with van der Waals surface area (Å²) in [6.07, 6.45) is 3.90. The molecule has 5 N–H and O–H groups in total. The lowest BCUT2D eigenvalue weighted by atomic mass is 10.2. The van der Waals surface area contributed by atoms with Gasteiger partial charge in [-0.25, -0.2) is 4.79 Å². The van der Waals surface area contributed by atoms with Crippen molar-refractivity contribution in [2.24, 2.45) is 0 Å². The van der Waals surface area contributed by atoms with E-state index in [2.05, 4.69) is 27.6 Å². The van der Waals surface area contributed by atoms with E-state index in [9.17, 15) is 19.8 Å². The van der Waals surface area contributed by atoms with Gasteiger partial charge in [0.25, 0.3) is 5.91 Å². The number of unbranched alkanes of at least 4 members (excludes halogenated alkanes) is 4. The van der Waals surface area contributed by atoms with Gasteiger partial charge < -0.3 is 30.9 Å². The summed E-state index contributed by atoms with van der Waals surface area (Å²) < 4.78 is 4.27. The first-order valence-electron chi connectivity index (χ1n) is 9.67. The molecule has 0 aromatic heterocycles. The Bertz CT molecular complexity index is 369. The van der Waals surface area contributed by atoms with Gasteiger partial charge in [0.1, 0.15) is 0 Å². The molecule has 0 saturated heterocycles. The highest BCUT2D eigenvalue weighted by Crippen LogP contribution is 1.98.